The Balaban J connectivity index is 1.80. The molecular weight excluding hydrogens is 224 g/mol. The van der Waals surface area contributed by atoms with Gasteiger partial charge >= 0.3 is 0 Å². The Kier molecular flexibility index (Phi) is 3.35. The Hall–Kier alpha value is -1.32. The van der Waals surface area contributed by atoms with Crippen molar-refractivity contribution in [2.24, 2.45) is 0 Å². The summed E-state index contributed by atoms with van der Waals surface area (Å²) in [5.41, 5.74) is 3.88. The molecule has 0 bridgehead atoms. The zero-order chi connectivity index (χ0) is 12.4. The smallest absolute Gasteiger partial charge is 0.0594 e. The first-order chi connectivity index (χ1) is 8.86. The molecule has 2 aromatic rings. The van der Waals surface area contributed by atoms with Crippen LogP contribution in [0.5, 0.6) is 0 Å². The van der Waals surface area contributed by atoms with Crippen molar-refractivity contribution in [2.45, 2.75) is 13.5 Å². The number of benzene rings is 1. The normalized spacial score (nSPS) is 17.4. The van der Waals surface area contributed by atoms with E-state index < -0.39 is 0 Å². The third-order valence-electron chi connectivity index (χ3n) is 3.60. The van der Waals surface area contributed by atoms with Gasteiger partial charge in [-0.05, 0) is 23.6 Å². The molecule has 3 rings (SSSR count). The second kappa shape index (κ2) is 5.12. The number of fused-ring (bicyclic) bond motifs is 1. The van der Waals surface area contributed by atoms with Crippen molar-refractivity contribution in [1.82, 2.24) is 9.88 Å². The highest BCUT2D eigenvalue weighted by Crippen LogP contribution is 2.21. The van der Waals surface area contributed by atoms with Crippen LogP contribution in [0.3, 0.4) is 0 Å². The van der Waals surface area contributed by atoms with Gasteiger partial charge in [0.25, 0.3) is 0 Å². The lowest BCUT2D eigenvalue weighted by Gasteiger charge is -2.26. The molecule has 0 spiro atoms. The summed E-state index contributed by atoms with van der Waals surface area (Å²) in [5.74, 6) is 0. The van der Waals surface area contributed by atoms with E-state index in [4.69, 9.17) is 4.74 Å². The van der Waals surface area contributed by atoms with Crippen LogP contribution < -0.4 is 0 Å². The molecule has 0 amide bonds. The molecule has 0 atom stereocenters. The largest absolute Gasteiger partial charge is 0.379 e. The number of aromatic amines is 1. The number of ether oxygens (including phenoxy) is 1. The van der Waals surface area contributed by atoms with Crippen molar-refractivity contribution in [3.63, 3.8) is 0 Å². The van der Waals surface area contributed by atoms with Gasteiger partial charge in [-0.3, -0.25) is 4.90 Å². The summed E-state index contributed by atoms with van der Waals surface area (Å²) >= 11 is 0. The number of morpholine rings is 1. The van der Waals surface area contributed by atoms with E-state index in [1.165, 1.54) is 22.0 Å². The number of hydrogen-bond acceptors (Lipinski definition) is 2. The molecule has 1 radical (unpaired) electrons. The van der Waals surface area contributed by atoms with Gasteiger partial charge in [0.05, 0.1) is 13.2 Å². The monoisotopic (exact) mass is 243 g/mol. The number of nitrogens with one attached hydrogen (secondary N) is 1. The molecule has 95 valence electrons. The zero-order valence-corrected chi connectivity index (χ0v) is 10.8. The van der Waals surface area contributed by atoms with E-state index in [2.05, 4.69) is 47.6 Å². The summed E-state index contributed by atoms with van der Waals surface area (Å²) in [4.78, 5) is 5.79. The maximum atomic E-state index is 5.37. The standard InChI is InChI=1S/C15H19N2O/c1-2-13-10-16-15-9-12(3-4-14(13)15)11-17-5-7-18-8-6-17/h2-4,9-10,16H,5-8,11H2,1H3. The number of H-pyrrole nitrogens is 1. The predicted octanol–water partition coefficient (Wildman–Crippen LogP) is 2.57. The van der Waals surface area contributed by atoms with Crippen LogP contribution >= 0.6 is 0 Å². The fraction of sp³-hybridized carbons (Fsp3) is 0.400. The average Bonchev–Trinajstić information content (AvgIpc) is 2.82. The van der Waals surface area contributed by atoms with E-state index in [1.54, 1.807) is 0 Å². The minimum atomic E-state index is 0.861. The lowest BCUT2D eigenvalue weighted by atomic mass is 10.1. The van der Waals surface area contributed by atoms with Crippen molar-refractivity contribution < 1.29 is 4.74 Å². The van der Waals surface area contributed by atoms with Crippen LogP contribution in [-0.2, 0) is 11.3 Å². The van der Waals surface area contributed by atoms with Crippen molar-refractivity contribution >= 4 is 10.9 Å². The topological polar surface area (TPSA) is 28.3 Å². The number of hydrogen-bond donors (Lipinski definition) is 1. The molecule has 3 nitrogen and oxygen atoms in total. The Bertz CT molecular complexity index is 526. The molecule has 0 saturated carbocycles. The fourth-order valence-electron chi connectivity index (χ4n) is 2.55. The molecule has 0 aliphatic carbocycles. The minimum Gasteiger partial charge on any atom is -0.379 e. The maximum absolute atomic E-state index is 5.37. The Morgan fingerprint density at radius 3 is 2.94 bits per heavy atom. The third kappa shape index (κ3) is 2.28. The summed E-state index contributed by atoms with van der Waals surface area (Å²) in [5, 5.41) is 1.31. The average molecular weight is 243 g/mol. The molecule has 3 heteroatoms. The van der Waals surface area contributed by atoms with Crippen LogP contribution in [0, 0.1) is 6.42 Å². The SMILES string of the molecule is C[CH]c1c[nH]c2cc(CN3CCOCC3)ccc12. The first-order valence-electron chi connectivity index (χ1n) is 6.56. The molecule has 1 aliphatic heterocycles. The van der Waals surface area contributed by atoms with Gasteiger partial charge < -0.3 is 9.72 Å². The highest BCUT2D eigenvalue weighted by molar-refractivity contribution is 5.84. The van der Waals surface area contributed by atoms with Crippen molar-refractivity contribution in [3.8, 4) is 0 Å². The van der Waals surface area contributed by atoms with Crippen LogP contribution in [0.1, 0.15) is 18.1 Å². The summed E-state index contributed by atoms with van der Waals surface area (Å²) in [7, 11) is 0. The Labute approximate surface area is 108 Å². The van der Waals surface area contributed by atoms with Gasteiger partial charge in [-0.2, -0.15) is 0 Å². The second-order valence-corrected chi connectivity index (χ2v) is 4.80. The fourth-order valence-corrected chi connectivity index (χ4v) is 2.55. The van der Waals surface area contributed by atoms with E-state index in [9.17, 15) is 0 Å². The van der Waals surface area contributed by atoms with Gasteiger partial charge in [0.1, 0.15) is 0 Å². The maximum Gasteiger partial charge on any atom is 0.0594 e. The molecule has 1 aliphatic rings. The van der Waals surface area contributed by atoms with Crippen LogP contribution in [0.15, 0.2) is 24.4 Å². The molecule has 1 fully saturated rings. The highest BCUT2D eigenvalue weighted by atomic mass is 16.5. The zero-order valence-electron chi connectivity index (χ0n) is 10.8. The summed E-state index contributed by atoms with van der Waals surface area (Å²) in [6.45, 7) is 6.89. The Morgan fingerprint density at radius 1 is 1.33 bits per heavy atom. The summed E-state index contributed by atoms with van der Waals surface area (Å²) in [6.07, 6.45) is 4.21. The molecule has 1 N–H and O–H groups in total. The number of nitrogens with zero attached hydrogens (tertiary/aromatic N) is 1. The molecule has 2 heterocycles. The number of aromatic nitrogens is 1. The molecule has 1 saturated heterocycles. The number of rotatable bonds is 3. The minimum absolute atomic E-state index is 0.861. The van der Waals surface area contributed by atoms with Gasteiger partial charge in [0.15, 0.2) is 0 Å². The molecule has 1 aromatic carbocycles. The first kappa shape index (κ1) is 11.8. The van der Waals surface area contributed by atoms with Crippen LogP contribution in [0.2, 0.25) is 0 Å². The molecule has 1 aromatic heterocycles. The Morgan fingerprint density at radius 2 is 2.17 bits per heavy atom. The highest BCUT2D eigenvalue weighted by Gasteiger charge is 2.11. The summed E-state index contributed by atoms with van der Waals surface area (Å²) in [6, 6.07) is 6.72. The van der Waals surface area contributed by atoms with Gasteiger partial charge in [0, 0.05) is 36.7 Å². The van der Waals surface area contributed by atoms with E-state index in [1.807, 2.05) is 0 Å². The van der Waals surface area contributed by atoms with E-state index >= 15 is 0 Å². The second-order valence-electron chi connectivity index (χ2n) is 4.80. The van der Waals surface area contributed by atoms with E-state index in [0.717, 1.165) is 32.8 Å². The van der Waals surface area contributed by atoms with Gasteiger partial charge in [-0.15, -0.1) is 0 Å². The van der Waals surface area contributed by atoms with Crippen molar-refractivity contribution in [2.75, 3.05) is 26.3 Å². The lowest BCUT2D eigenvalue weighted by molar-refractivity contribution is 0.0342. The van der Waals surface area contributed by atoms with Crippen molar-refractivity contribution in [1.29, 1.82) is 0 Å². The molecule has 18 heavy (non-hydrogen) atoms. The van der Waals surface area contributed by atoms with Gasteiger partial charge in [-0.1, -0.05) is 19.1 Å². The van der Waals surface area contributed by atoms with Crippen LogP contribution in [0.4, 0.5) is 0 Å². The predicted molar refractivity (Wildman–Crippen MR) is 73.5 cm³/mol. The molecular formula is C15H19N2O. The molecule has 0 unspecified atom stereocenters. The van der Waals surface area contributed by atoms with Crippen LogP contribution in [0.25, 0.3) is 10.9 Å². The first-order valence-corrected chi connectivity index (χ1v) is 6.56. The van der Waals surface area contributed by atoms with Gasteiger partial charge in [0.2, 0.25) is 0 Å². The quantitative estimate of drug-likeness (QED) is 0.897. The van der Waals surface area contributed by atoms with E-state index in [-0.39, 0.29) is 0 Å². The summed E-state index contributed by atoms with van der Waals surface area (Å²) < 4.78 is 5.37. The van der Waals surface area contributed by atoms with Crippen molar-refractivity contribution in [3.05, 3.63) is 41.9 Å². The third-order valence-corrected chi connectivity index (χ3v) is 3.60. The van der Waals surface area contributed by atoms with E-state index in [0.29, 0.717) is 0 Å². The van der Waals surface area contributed by atoms with Crippen LogP contribution in [-0.4, -0.2) is 36.2 Å². The lowest BCUT2D eigenvalue weighted by Crippen LogP contribution is -2.35. The van der Waals surface area contributed by atoms with Gasteiger partial charge in [-0.25, -0.2) is 0 Å².